The van der Waals surface area contributed by atoms with Crippen LogP contribution in [0, 0.1) is 41.5 Å². The lowest BCUT2D eigenvalue weighted by Crippen LogP contribution is -2.23. The number of benzene rings is 2. The highest BCUT2D eigenvalue weighted by atomic mass is 31.2. The minimum Gasteiger partial charge on any atom is -0.463 e. The fourth-order valence-electron chi connectivity index (χ4n) is 4.11. The third-order valence-corrected chi connectivity index (χ3v) is 7.62. The molecule has 0 radical (unpaired) electrons. The van der Waals surface area contributed by atoms with Crippen LogP contribution in [0.25, 0.3) is 0 Å². The van der Waals surface area contributed by atoms with Gasteiger partial charge in [-0.1, -0.05) is 35.4 Å². The molecule has 6 heteroatoms. The van der Waals surface area contributed by atoms with Gasteiger partial charge >= 0.3 is 5.97 Å². The van der Waals surface area contributed by atoms with Crippen molar-refractivity contribution in [2.75, 3.05) is 6.16 Å². The molecule has 0 aliphatic carbocycles. The molecule has 0 atom stereocenters. The zero-order chi connectivity index (χ0) is 23.7. The third kappa shape index (κ3) is 5.22. The molecule has 2 rings (SSSR count). The van der Waals surface area contributed by atoms with Gasteiger partial charge in [0, 0.05) is 11.1 Å². The first-order chi connectivity index (χ1) is 14.3. The predicted octanol–water partition coefficient (Wildman–Crippen LogP) is 5.83. The van der Waals surface area contributed by atoms with Crippen LogP contribution in [0.15, 0.2) is 24.3 Å². The van der Waals surface area contributed by atoms with Crippen LogP contribution in [0.2, 0.25) is 0 Å². The second-order valence-electron chi connectivity index (χ2n) is 8.59. The molecule has 0 amide bonds. The first kappa shape index (κ1) is 24.7. The van der Waals surface area contributed by atoms with Gasteiger partial charge in [0.25, 0.3) is 0 Å². The second-order valence-corrected chi connectivity index (χ2v) is 11.2. The Morgan fingerprint density at radius 1 is 0.742 bits per heavy atom. The highest BCUT2D eigenvalue weighted by Crippen LogP contribution is 2.53. The van der Waals surface area contributed by atoms with E-state index >= 15 is 0 Å². The zero-order valence-corrected chi connectivity index (χ0v) is 20.5. The Morgan fingerprint density at radius 2 is 1.06 bits per heavy atom. The van der Waals surface area contributed by atoms with E-state index in [1.54, 1.807) is 41.5 Å². The summed E-state index contributed by atoms with van der Waals surface area (Å²) in [5, 5.41) is 0. The van der Waals surface area contributed by atoms with E-state index in [0.717, 1.165) is 11.1 Å². The maximum atomic E-state index is 14.2. The van der Waals surface area contributed by atoms with Gasteiger partial charge in [0.05, 0.1) is 6.10 Å². The van der Waals surface area contributed by atoms with E-state index in [-0.39, 0.29) is 11.1 Å². The molecule has 0 saturated carbocycles. The molecule has 0 aliphatic rings. The maximum absolute atomic E-state index is 14.2. The molecule has 2 aromatic rings. The van der Waals surface area contributed by atoms with E-state index in [9.17, 15) is 18.9 Å². The molecule has 2 aromatic carbocycles. The predicted molar refractivity (Wildman–Crippen MR) is 124 cm³/mol. The molecule has 0 aromatic heterocycles. The Morgan fingerprint density at radius 3 is 1.35 bits per heavy atom. The summed E-state index contributed by atoms with van der Waals surface area (Å²) >= 11 is 0. The number of esters is 1. The Balaban J connectivity index is 2.71. The average Bonchev–Trinajstić information content (AvgIpc) is 2.58. The van der Waals surface area contributed by atoms with E-state index in [1.165, 1.54) is 0 Å². The van der Waals surface area contributed by atoms with Crippen LogP contribution in [0.1, 0.15) is 67.9 Å². The summed E-state index contributed by atoms with van der Waals surface area (Å²) in [6, 6.07) is 7.24. The van der Waals surface area contributed by atoms with Crippen LogP contribution in [-0.2, 0) is 14.1 Å². The minimum absolute atomic E-state index is 0.238. The van der Waals surface area contributed by atoms with Gasteiger partial charge in [0.1, 0.15) is 6.16 Å². The molecular formula is C25H31O5P. The van der Waals surface area contributed by atoms with Gasteiger partial charge in [-0.2, -0.15) is 0 Å². The lowest BCUT2D eigenvalue weighted by Gasteiger charge is -2.21. The summed E-state index contributed by atoms with van der Waals surface area (Å²) in [4.78, 5) is 39.8. The van der Waals surface area contributed by atoms with Gasteiger partial charge in [0.15, 0.2) is 0 Å². The van der Waals surface area contributed by atoms with E-state index in [0.29, 0.717) is 22.3 Å². The quantitative estimate of drug-likeness (QED) is 0.398. The molecule has 0 N–H and O–H groups in total. The summed E-state index contributed by atoms with van der Waals surface area (Å²) in [6.45, 7) is 14.1. The lowest BCUT2D eigenvalue weighted by atomic mass is 10.0. The molecular weight excluding hydrogens is 411 g/mol. The molecule has 0 aliphatic heterocycles. The van der Waals surface area contributed by atoms with E-state index in [1.807, 2.05) is 38.1 Å². The summed E-state index contributed by atoms with van der Waals surface area (Å²) in [6.07, 6.45) is -1.20. The first-order valence-electron chi connectivity index (χ1n) is 10.3. The van der Waals surface area contributed by atoms with Crippen LogP contribution in [0.3, 0.4) is 0 Å². The number of carbonyl (C=O) groups excluding carboxylic acids is 3. The molecule has 0 saturated heterocycles. The van der Waals surface area contributed by atoms with Crippen molar-refractivity contribution < 1.29 is 23.7 Å². The van der Waals surface area contributed by atoms with Crippen molar-refractivity contribution in [3.8, 4) is 0 Å². The van der Waals surface area contributed by atoms with E-state index in [4.69, 9.17) is 4.74 Å². The van der Waals surface area contributed by atoms with Gasteiger partial charge in [-0.15, -0.1) is 0 Å². The Kier molecular flexibility index (Phi) is 7.44. The standard InChI is InChI=1S/C25H31O5P/c1-14(2)30-21(26)13-31(29,24(27)22-17(5)9-15(3)10-18(22)6)25(28)23-19(7)11-16(4)12-20(23)8/h9-12,14H,13H2,1-8H3. The molecule has 0 unspecified atom stereocenters. The zero-order valence-electron chi connectivity index (χ0n) is 19.6. The fraction of sp³-hybridized carbons (Fsp3) is 0.400. The van der Waals surface area contributed by atoms with Crippen LogP contribution >= 0.6 is 7.14 Å². The van der Waals surface area contributed by atoms with Crippen molar-refractivity contribution in [1.29, 1.82) is 0 Å². The number of hydrogen-bond acceptors (Lipinski definition) is 5. The lowest BCUT2D eigenvalue weighted by molar-refractivity contribution is -0.144. The van der Waals surface area contributed by atoms with Crippen molar-refractivity contribution in [3.05, 3.63) is 68.8 Å². The molecule has 31 heavy (non-hydrogen) atoms. The number of carbonyl (C=O) groups is 3. The first-order valence-corrected chi connectivity index (χ1v) is 12.2. The number of rotatable bonds is 7. The largest absolute Gasteiger partial charge is 0.463 e. The smallest absolute Gasteiger partial charge is 0.314 e. The van der Waals surface area contributed by atoms with Gasteiger partial charge in [-0.25, -0.2) is 0 Å². The molecule has 0 fully saturated rings. The maximum Gasteiger partial charge on any atom is 0.314 e. The summed E-state index contributed by atoms with van der Waals surface area (Å²) in [5.74, 6) is -0.815. The van der Waals surface area contributed by atoms with Crippen molar-refractivity contribution in [2.45, 2.75) is 61.5 Å². The molecule has 5 nitrogen and oxygen atoms in total. The van der Waals surface area contributed by atoms with Gasteiger partial charge in [-0.3, -0.25) is 14.4 Å². The monoisotopic (exact) mass is 442 g/mol. The van der Waals surface area contributed by atoms with Gasteiger partial charge in [0.2, 0.25) is 18.2 Å². The number of aryl methyl sites for hydroxylation is 6. The highest BCUT2D eigenvalue weighted by molar-refractivity contribution is 7.96. The topological polar surface area (TPSA) is 77.5 Å². The third-order valence-electron chi connectivity index (χ3n) is 5.16. The number of hydrogen-bond donors (Lipinski definition) is 0. The molecule has 166 valence electrons. The minimum atomic E-state index is -4.35. The highest BCUT2D eigenvalue weighted by Gasteiger charge is 2.45. The van der Waals surface area contributed by atoms with Crippen LogP contribution < -0.4 is 0 Å². The van der Waals surface area contributed by atoms with E-state index < -0.39 is 36.4 Å². The molecule has 0 spiro atoms. The van der Waals surface area contributed by atoms with Crippen LogP contribution in [0.4, 0.5) is 0 Å². The number of ether oxygens (including phenoxy) is 1. The Hall–Kier alpha value is -2.52. The summed E-state index contributed by atoms with van der Waals surface area (Å²) in [5.41, 5.74) is 3.34. The average molecular weight is 442 g/mol. The Bertz CT molecular complexity index is 991. The fourth-order valence-corrected chi connectivity index (χ4v) is 6.45. The SMILES string of the molecule is Cc1cc(C)c(C(=O)P(=O)(CC(=O)OC(C)C)C(=O)c2c(C)cc(C)cc2C)c(C)c1. The van der Waals surface area contributed by atoms with Crippen molar-refractivity contribution in [2.24, 2.45) is 0 Å². The van der Waals surface area contributed by atoms with Crippen molar-refractivity contribution >= 4 is 24.2 Å². The van der Waals surface area contributed by atoms with Crippen LogP contribution in [-0.4, -0.2) is 29.3 Å². The van der Waals surface area contributed by atoms with Crippen LogP contribution in [0.5, 0.6) is 0 Å². The molecule has 0 heterocycles. The Labute approximate surface area is 184 Å². The van der Waals surface area contributed by atoms with Gasteiger partial charge < -0.3 is 9.30 Å². The van der Waals surface area contributed by atoms with Crippen molar-refractivity contribution in [1.82, 2.24) is 0 Å². The van der Waals surface area contributed by atoms with E-state index in [2.05, 4.69) is 0 Å². The molecule has 0 bridgehead atoms. The van der Waals surface area contributed by atoms with Gasteiger partial charge in [-0.05, 0) is 77.6 Å². The normalized spacial score (nSPS) is 11.5. The van der Waals surface area contributed by atoms with Crippen molar-refractivity contribution in [3.63, 3.8) is 0 Å². The summed E-state index contributed by atoms with van der Waals surface area (Å²) in [7, 11) is -4.35. The summed E-state index contributed by atoms with van der Waals surface area (Å²) < 4.78 is 19.3. The second kappa shape index (κ2) is 9.32.